The molecule has 144 valence electrons. The largest absolute Gasteiger partial charge is 0.506 e. The highest BCUT2D eigenvalue weighted by molar-refractivity contribution is 7.99. The van der Waals surface area contributed by atoms with E-state index >= 15 is 0 Å². The van der Waals surface area contributed by atoms with Gasteiger partial charge in [0.1, 0.15) is 10.6 Å². The van der Waals surface area contributed by atoms with Crippen LogP contribution < -0.4 is 5.56 Å². The molecule has 0 unspecified atom stereocenters. The van der Waals surface area contributed by atoms with Gasteiger partial charge in [-0.3, -0.25) is 9.36 Å². The zero-order valence-corrected chi connectivity index (χ0v) is 17.2. The summed E-state index contributed by atoms with van der Waals surface area (Å²) in [6.07, 6.45) is 0. The Morgan fingerprint density at radius 3 is 2.07 bits per heavy atom. The lowest BCUT2D eigenvalue weighted by Crippen LogP contribution is -2.23. The Kier molecular flexibility index (Phi) is 5.47. The van der Waals surface area contributed by atoms with Crippen molar-refractivity contribution in [1.82, 2.24) is 4.57 Å². The number of aromatic nitrogens is 1. The first-order chi connectivity index (χ1) is 14.1. The number of nitrogens with zero attached hydrogens (tertiary/aromatic N) is 1. The first kappa shape index (κ1) is 19.4. The van der Waals surface area contributed by atoms with Crippen LogP contribution in [0.25, 0.3) is 16.9 Å². The van der Waals surface area contributed by atoms with Crippen LogP contribution in [-0.4, -0.2) is 9.67 Å². The Morgan fingerprint density at radius 2 is 1.45 bits per heavy atom. The van der Waals surface area contributed by atoms with Crippen LogP contribution in [0.15, 0.2) is 99.5 Å². The van der Waals surface area contributed by atoms with Gasteiger partial charge in [0.15, 0.2) is 0 Å². The first-order valence-electron chi connectivity index (χ1n) is 9.09. The fraction of sp³-hybridized carbons (Fsp3) is 0.0417. The minimum Gasteiger partial charge on any atom is -0.506 e. The van der Waals surface area contributed by atoms with Gasteiger partial charge in [-0.25, -0.2) is 0 Å². The van der Waals surface area contributed by atoms with Crippen LogP contribution in [0.5, 0.6) is 5.75 Å². The predicted octanol–water partition coefficient (Wildman–Crippen LogP) is 6.32. The Morgan fingerprint density at radius 1 is 0.862 bits per heavy atom. The van der Waals surface area contributed by atoms with Crippen molar-refractivity contribution >= 4 is 23.4 Å². The SMILES string of the molecule is Cc1c(O)c(Sc2ccc(Cl)cc2)c(=O)n(-c2ccccc2)c1-c1ccccc1. The molecule has 0 atom stereocenters. The van der Waals surface area contributed by atoms with Gasteiger partial charge in [0, 0.05) is 21.2 Å². The van der Waals surface area contributed by atoms with Gasteiger partial charge in [0.05, 0.1) is 5.69 Å². The maximum atomic E-state index is 13.6. The summed E-state index contributed by atoms with van der Waals surface area (Å²) in [5.74, 6) is 0.000911. The van der Waals surface area contributed by atoms with Crippen molar-refractivity contribution in [3.05, 3.63) is 106 Å². The van der Waals surface area contributed by atoms with E-state index in [4.69, 9.17) is 11.6 Å². The minimum atomic E-state index is -0.266. The Labute approximate surface area is 178 Å². The molecule has 0 bridgehead atoms. The summed E-state index contributed by atoms with van der Waals surface area (Å²) in [5, 5.41) is 11.6. The molecule has 0 saturated carbocycles. The molecule has 1 heterocycles. The molecule has 0 spiro atoms. The molecule has 0 aliphatic carbocycles. The molecule has 4 aromatic rings. The third-order valence-corrected chi connectivity index (χ3v) is 5.97. The average Bonchev–Trinajstić information content (AvgIpc) is 2.76. The third-order valence-electron chi connectivity index (χ3n) is 4.64. The first-order valence-corrected chi connectivity index (χ1v) is 10.3. The van der Waals surface area contributed by atoms with E-state index in [0.29, 0.717) is 16.3 Å². The molecule has 0 saturated heterocycles. The van der Waals surface area contributed by atoms with Crippen molar-refractivity contribution in [2.24, 2.45) is 0 Å². The summed E-state index contributed by atoms with van der Waals surface area (Å²) in [5.41, 5.74) is 2.68. The highest BCUT2D eigenvalue weighted by Gasteiger charge is 2.22. The van der Waals surface area contributed by atoms with Crippen molar-refractivity contribution < 1.29 is 5.11 Å². The number of pyridine rings is 1. The van der Waals surface area contributed by atoms with E-state index in [0.717, 1.165) is 16.1 Å². The number of hydrogen-bond donors (Lipinski definition) is 1. The monoisotopic (exact) mass is 419 g/mol. The minimum absolute atomic E-state index is 0.000911. The molecule has 0 aliphatic heterocycles. The number of halogens is 1. The molecule has 0 aliphatic rings. The van der Waals surface area contributed by atoms with E-state index < -0.39 is 0 Å². The zero-order valence-electron chi connectivity index (χ0n) is 15.7. The average molecular weight is 420 g/mol. The topological polar surface area (TPSA) is 42.2 Å². The number of hydrogen-bond acceptors (Lipinski definition) is 3. The molecule has 4 rings (SSSR count). The molecule has 5 heteroatoms. The standard InChI is InChI=1S/C24H18ClNO2S/c1-16-21(17-8-4-2-5-9-17)26(19-10-6-3-7-11-19)24(28)23(22(16)27)29-20-14-12-18(25)13-15-20/h2-15,27H,1H3. The van der Waals surface area contributed by atoms with Gasteiger partial charge >= 0.3 is 0 Å². The molecule has 0 fully saturated rings. The summed E-state index contributed by atoms with van der Waals surface area (Å²) in [6, 6.07) is 26.3. The second kappa shape index (κ2) is 8.19. The summed E-state index contributed by atoms with van der Waals surface area (Å²) >= 11 is 7.21. The second-order valence-corrected chi connectivity index (χ2v) is 8.07. The van der Waals surface area contributed by atoms with Crippen molar-refractivity contribution in [1.29, 1.82) is 0 Å². The molecule has 0 amide bonds. The van der Waals surface area contributed by atoms with Gasteiger partial charge in [-0.05, 0) is 48.9 Å². The lowest BCUT2D eigenvalue weighted by molar-refractivity contribution is 0.454. The van der Waals surface area contributed by atoms with Crippen LogP contribution in [0, 0.1) is 6.92 Å². The van der Waals surface area contributed by atoms with E-state index in [1.807, 2.05) is 79.7 Å². The molecule has 3 aromatic carbocycles. The van der Waals surface area contributed by atoms with Crippen LogP contribution in [-0.2, 0) is 0 Å². The highest BCUT2D eigenvalue weighted by Crippen LogP contribution is 2.38. The number of aromatic hydroxyl groups is 1. The van der Waals surface area contributed by atoms with Crippen molar-refractivity contribution in [3.8, 4) is 22.7 Å². The smallest absolute Gasteiger partial charge is 0.273 e. The zero-order chi connectivity index (χ0) is 20.4. The number of rotatable bonds is 4. The van der Waals surface area contributed by atoms with Crippen molar-refractivity contribution in [3.63, 3.8) is 0 Å². The van der Waals surface area contributed by atoms with E-state index in [9.17, 15) is 9.90 Å². The van der Waals surface area contributed by atoms with Gasteiger partial charge in [-0.15, -0.1) is 0 Å². The molecular formula is C24H18ClNO2S. The van der Waals surface area contributed by atoms with Gasteiger partial charge in [-0.2, -0.15) is 0 Å². The quantitative estimate of drug-likeness (QED) is 0.420. The third kappa shape index (κ3) is 3.82. The fourth-order valence-corrected chi connectivity index (χ4v) is 4.29. The summed E-state index contributed by atoms with van der Waals surface area (Å²) in [7, 11) is 0. The Hall–Kier alpha value is -2.95. The maximum Gasteiger partial charge on any atom is 0.273 e. The van der Waals surface area contributed by atoms with Crippen LogP contribution in [0.3, 0.4) is 0 Å². The summed E-state index contributed by atoms with van der Waals surface area (Å²) in [6.45, 7) is 1.84. The van der Waals surface area contributed by atoms with Gasteiger partial charge in [-0.1, -0.05) is 71.9 Å². The molecule has 3 nitrogen and oxygen atoms in total. The Balaban J connectivity index is 1.99. The molecule has 29 heavy (non-hydrogen) atoms. The van der Waals surface area contributed by atoms with Crippen molar-refractivity contribution in [2.75, 3.05) is 0 Å². The second-order valence-electron chi connectivity index (χ2n) is 6.55. The van der Waals surface area contributed by atoms with Gasteiger partial charge < -0.3 is 5.11 Å². The predicted molar refractivity (Wildman–Crippen MR) is 119 cm³/mol. The lowest BCUT2D eigenvalue weighted by Gasteiger charge is -2.19. The van der Waals surface area contributed by atoms with Crippen LogP contribution >= 0.6 is 23.4 Å². The molecule has 1 aromatic heterocycles. The lowest BCUT2D eigenvalue weighted by atomic mass is 10.0. The van der Waals surface area contributed by atoms with E-state index in [1.54, 1.807) is 16.7 Å². The normalized spacial score (nSPS) is 10.8. The van der Waals surface area contributed by atoms with Crippen molar-refractivity contribution in [2.45, 2.75) is 16.7 Å². The fourth-order valence-electron chi connectivity index (χ4n) is 3.23. The van der Waals surface area contributed by atoms with E-state index in [-0.39, 0.29) is 16.2 Å². The molecular weight excluding hydrogens is 402 g/mol. The van der Waals surface area contributed by atoms with Gasteiger partial charge in [0.2, 0.25) is 0 Å². The van der Waals surface area contributed by atoms with E-state index in [1.165, 1.54) is 11.8 Å². The Bertz CT molecular complexity index is 1200. The summed E-state index contributed by atoms with van der Waals surface area (Å²) in [4.78, 5) is 14.7. The number of para-hydroxylation sites is 1. The maximum absolute atomic E-state index is 13.6. The molecule has 0 radical (unpaired) electrons. The van der Waals surface area contributed by atoms with Gasteiger partial charge in [0.25, 0.3) is 5.56 Å². The van der Waals surface area contributed by atoms with Crippen LogP contribution in [0.4, 0.5) is 0 Å². The molecule has 1 N–H and O–H groups in total. The summed E-state index contributed by atoms with van der Waals surface area (Å²) < 4.78 is 1.67. The van der Waals surface area contributed by atoms with E-state index in [2.05, 4.69) is 0 Å². The number of benzene rings is 3. The van der Waals surface area contributed by atoms with Crippen LogP contribution in [0.2, 0.25) is 5.02 Å². The van der Waals surface area contributed by atoms with Crippen LogP contribution in [0.1, 0.15) is 5.56 Å². The highest BCUT2D eigenvalue weighted by atomic mass is 35.5.